The summed E-state index contributed by atoms with van der Waals surface area (Å²) in [5.41, 5.74) is -0.896. The van der Waals surface area contributed by atoms with Crippen LogP contribution < -0.4 is 4.74 Å². The van der Waals surface area contributed by atoms with E-state index in [-0.39, 0.29) is 37.4 Å². The van der Waals surface area contributed by atoms with Crippen molar-refractivity contribution < 1.29 is 42.4 Å². The number of ketones is 1. The van der Waals surface area contributed by atoms with Crippen LogP contribution in [0.5, 0.6) is 5.75 Å². The van der Waals surface area contributed by atoms with Gasteiger partial charge in [0.05, 0.1) is 24.7 Å². The van der Waals surface area contributed by atoms with Crippen molar-refractivity contribution in [3.63, 3.8) is 0 Å². The maximum atomic E-state index is 12.7. The Hall–Kier alpha value is -2.39. The van der Waals surface area contributed by atoms with Gasteiger partial charge in [0, 0.05) is 24.7 Å². The number of aliphatic hydroxyl groups excluding tert-OH is 2. The van der Waals surface area contributed by atoms with Gasteiger partial charge in [0.2, 0.25) is 6.29 Å². The predicted molar refractivity (Wildman–Crippen MR) is 95.7 cm³/mol. The lowest BCUT2D eigenvalue weighted by Crippen LogP contribution is -2.23. The first-order valence-electron chi connectivity index (χ1n) is 9.16. The van der Waals surface area contributed by atoms with Gasteiger partial charge in [0.25, 0.3) is 0 Å². The summed E-state index contributed by atoms with van der Waals surface area (Å²) in [6.07, 6.45) is -4.25. The number of benzene rings is 1. The summed E-state index contributed by atoms with van der Waals surface area (Å²) in [4.78, 5) is 23.7. The first kappa shape index (κ1) is 22.9. The highest BCUT2D eigenvalue weighted by Gasteiger charge is 2.41. The largest absolute Gasteiger partial charge is 0.466 e. The molecule has 0 saturated heterocycles. The fraction of sp³-hybridized carbons (Fsp3) is 0.500. The van der Waals surface area contributed by atoms with Gasteiger partial charge in [-0.3, -0.25) is 9.59 Å². The van der Waals surface area contributed by atoms with Crippen molar-refractivity contribution >= 4 is 11.8 Å². The predicted octanol–water partition coefficient (Wildman–Crippen LogP) is 2.87. The van der Waals surface area contributed by atoms with Crippen LogP contribution in [0.3, 0.4) is 0 Å². The highest BCUT2D eigenvalue weighted by Crippen LogP contribution is 2.34. The van der Waals surface area contributed by atoms with E-state index >= 15 is 0 Å². The minimum absolute atomic E-state index is 0.0810. The number of alkyl halides is 3. The van der Waals surface area contributed by atoms with Gasteiger partial charge in [-0.25, -0.2) is 0 Å². The fourth-order valence-corrected chi connectivity index (χ4v) is 3.19. The lowest BCUT2D eigenvalue weighted by Gasteiger charge is -2.17. The van der Waals surface area contributed by atoms with Gasteiger partial charge in [-0.05, 0) is 25.1 Å². The molecule has 1 aliphatic rings. The van der Waals surface area contributed by atoms with Crippen LogP contribution in [0.1, 0.15) is 31.7 Å². The topological polar surface area (TPSA) is 93.1 Å². The number of halogens is 3. The summed E-state index contributed by atoms with van der Waals surface area (Å²) in [5.74, 6) is -2.27. The van der Waals surface area contributed by atoms with Crippen LogP contribution in [-0.2, 0) is 20.5 Å². The molecule has 6 nitrogen and oxygen atoms in total. The van der Waals surface area contributed by atoms with E-state index in [0.29, 0.717) is 0 Å². The van der Waals surface area contributed by atoms with Crippen LogP contribution >= 0.6 is 0 Å². The molecule has 0 spiro atoms. The average Bonchev–Trinajstić information content (AvgIpc) is 2.88. The number of ether oxygens (including phenoxy) is 2. The summed E-state index contributed by atoms with van der Waals surface area (Å²) >= 11 is 0. The Bertz CT molecular complexity index is 746. The molecule has 0 radical (unpaired) electrons. The third-order valence-corrected chi connectivity index (χ3v) is 4.55. The third-order valence-electron chi connectivity index (χ3n) is 4.55. The van der Waals surface area contributed by atoms with Crippen LogP contribution in [0.4, 0.5) is 13.2 Å². The maximum absolute atomic E-state index is 12.7. The molecule has 1 unspecified atom stereocenters. The zero-order valence-corrected chi connectivity index (χ0v) is 15.8. The van der Waals surface area contributed by atoms with Crippen molar-refractivity contribution in [2.24, 2.45) is 11.8 Å². The van der Waals surface area contributed by atoms with E-state index in [0.717, 1.165) is 12.1 Å². The number of aliphatic hydroxyl groups is 2. The van der Waals surface area contributed by atoms with E-state index in [1.165, 1.54) is 24.3 Å². The van der Waals surface area contributed by atoms with Gasteiger partial charge in [-0.1, -0.05) is 18.2 Å². The van der Waals surface area contributed by atoms with Crippen LogP contribution in [0.15, 0.2) is 36.4 Å². The van der Waals surface area contributed by atoms with Crippen molar-refractivity contribution in [1.82, 2.24) is 0 Å². The van der Waals surface area contributed by atoms with Crippen molar-refractivity contribution in [3.8, 4) is 5.75 Å². The second-order valence-corrected chi connectivity index (χ2v) is 6.69. The molecule has 9 heteroatoms. The Morgan fingerprint density at radius 2 is 2.10 bits per heavy atom. The Kier molecular flexibility index (Phi) is 7.80. The molecule has 29 heavy (non-hydrogen) atoms. The van der Waals surface area contributed by atoms with Crippen molar-refractivity contribution in [1.29, 1.82) is 0 Å². The minimum Gasteiger partial charge on any atom is -0.466 e. The number of rotatable bonds is 8. The van der Waals surface area contributed by atoms with E-state index in [4.69, 9.17) is 9.47 Å². The summed E-state index contributed by atoms with van der Waals surface area (Å²) in [5, 5.41) is 20.0. The summed E-state index contributed by atoms with van der Waals surface area (Å²) < 4.78 is 48.1. The molecule has 1 aromatic carbocycles. The zero-order valence-electron chi connectivity index (χ0n) is 15.8. The normalized spacial score (nSPS) is 23.4. The molecular weight excluding hydrogens is 393 g/mol. The average molecular weight is 416 g/mol. The number of hydrogen-bond acceptors (Lipinski definition) is 6. The van der Waals surface area contributed by atoms with Gasteiger partial charge in [-0.15, -0.1) is 0 Å². The molecule has 1 fully saturated rings. The standard InChI is InChI=1S/C20H23F3O6/c1-2-28-19(27)10-15-14(16(24)11-17(15)25)7-4-8-18(26)29-13-6-3-5-12(9-13)20(21,22)23/h3-7,9,14-16,18,24,26H,2,8,10-11H2,1H3/b7-4+/t14-,15-,16-,18?/m1/s1. The van der Waals surface area contributed by atoms with Crippen LogP contribution in [0.25, 0.3) is 0 Å². The van der Waals surface area contributed by atoms with Crippen LogP contribution in [0.2, 0.25) is 0 Å². The summed E-state index contributed by atoms with van der Waals surface area (Å²) in [7, 11) is 0. The van der Waals surface area contributed by atoms with Crippen molar-refractivity contribution in [2.75, 3.05) is 6.61 Å². The molecule has 2 N–H and O–H groups in total. The lowest BCUT2D eigenvalue weighted by atomic mass is 9.90. The second kappa shape index (κ2) is 9.89. The van der Waals surface area contributed by atoms with Crippen molar-refractivity contribution in [2.45, 2.75) is 44.8 Å². The van der Waals surface area contributed by atoms with Gasteiger partial charge in [0.15, 0.2) is 0 Å². The van der Waals surface area contributed by atoms with E-state index in [1.807, 2.05) is 0 Å². The first-order chi connectivity index (χ1) is 13.6. The lowest BCUT2D eigenvalue weighted by molar-refractivity contribution is -0.146. The number of hydrogen-bond donors (Lipinski definition) is 2. The molecule has 0 amide bonds. The third kappa shape index (κ3) is 6.57. The highest BCUT2D eigenvalue weighted by molar-refractivity contribution is 5.88. The smallest absolute Gasteiger partial charge is 0.416 e. The van der Waals surface area contributed by atoms with Crippen LogP contribution in [-0.4, -0.2) is 41.0 Å². The monoisotopic (exact) mass is 416 g/mol. The highest BCUT2D eigenvalue weighted by atomic mass is 19.4. The molecule has 1 saturated carbocycles. The molecule has 0 heterocycles. The van der Waals surface area contributed by atoms with Gasteiger partial charge in [-0.2, -0.15) is 13.2 Å². The molecular formula is C20H23F3O6. The zero-order chi connectivity index (χ0) is 21.6. The molecule has 160 valence electrons. The SMILES string of the molecule is CCOC(=O)C[C@H]1C(=O)C[C@@H](O)[C@@H]1/C=C/CC(O)Oc1cccc(C(F)(F)F)c1. The quantitative estimate of drug-likeness (QED) is 0.385. The van der Waals surface area contributed by atoms with Crippen molar-refractivity contribution in [3.05, 3.63) is 42.0 Å². The van der Waals surface area contributed by atoms with E-state index in [9.17, 15) is 33.0 Å². The molecule has 1 aromatic rings. The molecule has 1 aliphatic carbocycles. The minimum atomic E-state index is -4.52. The van der Waals surface area contributed by atoms with E-state index < -0.39 is 41.9 Å². The molecule has 0 aromatic heterocycles. The van der Waals surface area contributed by atoms with Gasteiger partial charge >= 0.3 is 12.1 Å². The van der Waals surface area contributed by atoms with Gasteiger partial charge < -0.3 is 19.7 Å². The number of carbonyl (C=O) groups excluding carboxylic acids is 2. The number of Topliss-reactive ketones (excluding diaryl/α,β-unsaturated/α-hetero) is 1. The summed E-state index contributed by atoms with van der Waals surface area (Å²) in [6, 6.07) is 4.13. The number of carbonyl (C=O) groups is 2. The second-order valence-electron chi connectivity index (χ2n) is 6.69. The molecule has 4 atom stereocenters. The maximum Gasteiger partial charge on any atom is 0.416 e. The molecule has 0 bridgehead atoms. The number of esters is 1. The Morgan fingerprint density at radius 1 is 1.38 bits per heavy atom. The fourth-order valence-electron chi connectivity index (χ4n) is 3.19. The van der Waals surface area contributed by atoms with E-state index in [1.54, 1.807) is 6.92 Å². The van der Waals surface area contributed by atoms with E-state index in [2.05, 4.69) is 0 Å². The first-order valence-corrected chi connectivity index (χ1v) is 9.16. The van der Waals surface area contributed by atoms with Gasteiger partial charge in [0.1, 0.15) is 11.5 Å². The van der Waals surface area contributed by atoms with Crippen LogP contribution in [0, 0.1) is 11.8 Å². The molecule has 0 aliphatic heterocycles. The Balaban J connectivity index is 1.95. The molecule has 2 rings (SSSR count). The summed E-state index contributed by atoms with van der Waals surface area (Å²) in [6.45, 7) is 1.83. The Labute approximate surface area is 165 Å². The Morgan fingerprint density at radius 3 is 2.76 bits per heavy atom.